The van der Waals surface area contributed by atoms with Crippen molar-refractivity contribution in [3.8, 4) is 0 Å². The summed E-state index contributed by atoms with van der Waals surface area (Å²) < 4.78 is 34.7. The fraction of sp³-hybridized carbons (Fsp3) is 0.259. The maximum Gasteiger partial charge on any atom is 0.264 e. The molecule has 1 aliphatic heterocycles. The zero-order valence-corrected chi connectivity index (χ0v) is 22.2. The van der Waals surface area contributed by atoms with Crippen LogP contribution in [-0.2, 0) is 14.8 Å². The number of anilines is 3. The second kappa shape index (κ2) is 10.9. The Bertz CT molecular complexity index is 1460. The van der Waals surface area contributed by atoms with Gasteiger partial charge in [0.1, 0.15) is 5.82 Å². The van der Waals surface area contributed by atoms with Crippen molar-refractivity contribution in [1.29, 1.82) is 0 Å². The number of sulfonamides is 1. The largest absolute Gasteiger partial charge is 0.353 e. The van der Waals surface area contributed by atoms with E-state index in [1.54, 1.807) is 12.1 Å². The molecule has 0 saturated carbocycles. The maximum atomic E-state index is 13.7. The second-order valence-electron chi connectivity index (χ2n) is 8.95. The lowest BCUT2D eigenvalue weighted by Crippen LogP contribution is -2.49. The van der Waals surface area contributed by atoms with Gasteiger partial charge in [-0.3, -0.25) is 14.0 Å². The van der Waals surface area contributed by atoms with E-state index in [9.17, 15) is 13.2 Å². The molecule has 0 aliphatic carbocycles. The number of nitrogens with one attached hydrogen (secondary N) is 1. The van der Waals surface area contributed by atoms with Crippen LogP contribution in [0.15, 0.2) is 83.8 Å². The molecule has 8 nitrogen and oxygen atoms in total. The van der Waals surface area contributed by atoms with Crippen LogP contribution in [0.2, 0.25) is 0 Å². The Balaban J connectivity index is 1.28. The first-order valence-electron chi connectivity index (χ1n) is 12.2. The third-order valence-corrected chi connectivity index (χ3v) is 9.11. The molecule has 0 bridgehead atoms. The maximum absolute atomic E-state index is 13.7. The first-order chi connectivity index (χ1) is 17.9. The molecule has 2 heterocycles. The van der Waals surface area contributed by atoms with Crippen molar-refractivity contribution in [2.75, 3.05) is 53.8 Å². The standard InChI is InChI=1S/C27H29N5O3S2/c1-21(33)28-22-11-13-24(14-12-22)37(34,35)32(23-7-3-2-4-8-23)20-17-30-15-18-31(19-16-30)27-25-9-5-6-10-26(25)36-29-27/h2-14H,15-20H2,1H3,(H,28,33). The van der Waals surface area contributed by atoms with Crippen LogP contribution in [0.1, 0.15) is 6.92 Å². The Kier molecular flexibility index (Phi) is 7.40. The molecular weight excluding hydrogens is 506 g/mol. The molecule has 1 amide bonds. The van der Waals surface area contributed by atoms with Gasteiger partial charge in [0.2, 0.25) is 5.91 Å². The number of para-hydroxylation sites is 1. The molecule has 0 atom stereocenters. The highest BCUT2D eigenvalue weighted by Crippen LogP contribution is 2.30. The van der Waals surface area contributed by atoms with Gasteiger partial charge in [-0.25, -0.2) is 8.42 Å². The minimum absolute atomic E-state index is 0.186. The summed E-state index contributed by atoms with van der Waals surface area (Å²) >= 11 is 1.53. The summed E-state index contributed by atoms with van der Waals surface area (Å²) in [5.74, 6) is 0.834. The van der Waals surface area contributed by atoms with E-state index in [-0.39, 0.29) is 10.8 Å². The van der Waals surface area contributed by atoms with E-state index in [1.807, 2.05) is 42.5 Å². The van der Waals surface area contributed by atoms with Gasteiger partial charge in [0.25, 0.3) is 10.0 Å². The zero-order valence-electron chi connectivity index (χ0n) is 20.6. The normalized spacial score (nSPS) is 14.6. The Morgan fingerprint density at radius 1 is 0.946 bits per heavy atom. The SMILES string of the molecule is CC(=O)Nc1ccc(S(=O)(=O)N(CCN2CCN(c3nsc4ccccc34)CC2)c2ccccc2)cc1. The Morgan fingerprint density at radius 3 is 2.32 bits per heavy atom. The molecule has 1 N–H and O–H groups in total. The van der Waals surface area contributed by atoms with Crippen LogP contribution in [0.4, 0.5) is 17.2 Å². The monoisotopic (exact) mass is 535 g/mol. The summed E-state index contributed by atoms with van der Waals surface area (Å²) in [6.45, 7) is 5.72. The number of rotatable bonds is 8. The van der Waals surface area contributed by atoms with Crippen LogP contribution < -0.4 is 14.5 Å². The zero-order chi connectivity index (χ0) is 25.8. The topological polar surface area (TPSA) is 85.8 Å². The van der Waals surface area contributed by atoms with Crippen LogP contribution in [0.5, 0.6) is 0 Å². The van der Waals surface area contributed by atoms with E-state index in [0.717, 1.165) is 32.0 Å². The third kappa shape index (κ3) is 5.61. The molecular formula is C27H29N5O3S2. The van der Waals surface area contributed by atoms with Crippen molar-refractivity contribution in [3.05, 3.63) is 78.9 Å². The first-order valence-corrected chi connectivity index (χ1v) is 14.4. The number of fused-ring (bicyclic) bond motifs is 1. The molecule has 0 unspecified atom stereocenters. The van der Waals surface area contributed by atoms with Gasteiger partial charge in [0.15, 0.2) is 0 Å². The van der Waals surface area contributed by atoms with E-state index >= 15 is 0 Å². The summed E-state index contributed by atoms with van der Waals surface area (Å²) in [6.07, 6.45) is 0. The van der Waals surface area contributed by atoms with Crippen molar-refractivity contribution >= 4 is 54.7 Å². The quantitative estimate of drug-likeness (QED) is 0.363. The summed E-state index contributed by atoms with van der Waals surface area (Å²) in [5.41, 5.74) is 1.18. The summed E-state index contributed by atoms with van der Waals surface area (Å²) in [4.78, 5) is 16.1. The van der Waals surface area contributed by atoms with Gasteiger partial charge in [-0.15, -0.1) is 0 Å². The second-order valence-corrected chi connectivity index (χ2v) is 11.6. The predicted molar refractivity (Wildman–Crippen MR) is 150 cm³/mol. The average Bonchev–Trinajstić information content (AvgIpc) is 3.34. The van der Waals surface area contributed by atoms with Gasteiger partial charge in [-0.05, 0) is 60.1 Å². The van der Waals surface area contributed by atoms with Crippen molar-refractivity contribution in [2.24, 2.45) is 0 Å². The summed E-state index contributed by atoms with van der Waals surface area (Å²) in [7, 11) is -3.80. The van der Waals surface area contributed by atoms with Crippen molar-refractivity contribution < 1.29 is 13.2 Å². The van der Waals surface area contributed by atoms with E-state index in [2.05, 4.69) is 31.6 Å². The predicted octanol–water partition coefficient (Wildman–Crippen LogP) is 4.27. The molecule has 192 valence electrons. The number of carbonyl (C=O) groups excluding carboxylic acids is 1. The molecule has 0 spiro atoms. The number of benzene rings is 3. The van der Waals surface area contributed by atoms with E-state index < -0.39 is 10.0 Å². The minimum Gasteiger partial charge on any atom is -0.353 e. The molecule has 0 radical (unpaired) electrons. The number of hydrogen-bond donors (Lipinski definition) is 1. The molecule has 4 aromatic rings. The average molecular weight is 536 g/mol. The lowest BCUT2D eigenvalue weighted by atomic mass is 10.2. The highest BCUT2D eigenvalue weighted by Gasteiger charge is 2.27. The van der Waals surface area contributed by atoms with Gasteiger partial charge >= 0.3 is 0 Å². The Morgan fingerprint density at radius 2 is 1.62 bits per heavy atom. The van der Waals surface area contributed by atoms with Gasteiger partial charge in [0, 0.05) is 57.3 Å². The molecule has 1 saturated heterocycles. The third-order valence-electron chi connectivity index (χ3n) is 6.46. The van der Waals surface area contributed by atoms with Gasteiger partial charge in [0.05, 0.1) is 15.3 Å². The molecule has 1 aliphatic rings. The van der Waals surface area contributed by atoms with E-state index in [4.69, 9.17) is 0 Å². The van der Waals surface area contributed by atoms with Crippen LogP contribution >= 0.6 is 11.5 Å². The first kappa shape index (κ1) is 25.2. The molecule has 3 aromatic carbocycles. The fourth-order valence-corrected chi connectivity index (χ4v) is 6.79. The summed E-state index contributed by atoms with van der Waals surface area (Å²) in [6, 6.07) is 23.8. The lowest BCUT2D eigenvalue weighted by molar-refractivity contribution is -0.114. The number of aromatic nitrogens is 1. The molecule has 1 fully saturated rings. The lowest BCUT2D eigenvalue weighted by Gasteiger charge is -2.36. The number of piperazine rings is 1. The minimum atomic E-state index is -3.80. The number of hydrogen-bond acceptors (Lipinski definition) is 7. The van der Waals surface area contributed by atoms with E-state index in [0.29, 0.717) is 24.5 Å². The van der Waals surface area contributed by atoms with Gasteiger partial charge < -0.3 is 10.2 Å². The highest BCUT2D eigenvalue weighted by molar-refractivity contribution is 7.92. The smallest absolute Gasteiger partial charge is 0.264 e. The van der Waals surface area contributed by atoms with Crippen molar-refractivity contribution in [2.45, 2.75) is 11.8 Å². The van der Waals surface area contributed by atoms with Crippen LogP contribution in [-0.4, -0.2) is 62.9 Å². The summed E-state index contributed by atoms with van der Waals surface area (Å²) in [5, 5.41) is 3.86. The van der Waals surface area contributed by atoms with Crippen molar-refractivity contribution in [1.82, 2.24) is 9.27 Å². The number of carbonyl (C=O) groups is 1. The molecule has 5 rings (SSSR count). The van der Waals surface area contributed by atoms with Gasteiger partial charge in [-0.1, -0.05) is 30.3 Å². The molecule has 37 heavy (non-hydrogen) atoms. The Hall–Kier alpha value is -3.47. The van der Waals surface area contributed by atoms with Crippen molar-refractivity contribution in [3.63, 3.8) is 0 Å². The number of nitrogens with zero attached hydrogens (tertiary/aromatic N) is 4. The highest BCUT2D eigenvalue weighted by atomic mass is 32.2. The van der Waals surface area contributed by atoms with E-state index in [1.165, 1.54) is 45.0 Å². The fourth-order valence-electron chi connectivity index (χ4n) is 4.54. The van der Waals surface area contributed by atoms with Crippen LogP contribution in [0, 0.1) is 0 Å². The van der Waals surface area contributed by atoms with Crippen LogP contribution in [0.3, 0.4) is 0 Å². The molecule has 1 aromatic heterocycles. The van der Waals surface area contributed by atoms with Crippen LogP contribution in [0.25, 0.3) is 10.1 Å². The number of amides is 1. The van der Waals surface area contributed by atoms with Gasteiger partial charge in [-0.2, -0.15) is 4.37 Å². The Labute approximate surface area is 221 Å². The molecule has 10 heteroatoms.